The predicted molar refractivity (Wildman–Crippen MR) is 75.1 cm³/mol. The highest BCUT2D eigenvalue weighted by atomic mass is 16.4. The Morgan fingerprint density at radius 3 is 1.65 bits per heavy atom. The van der Waals surface area contributed by atoms with E-state index in [-0.39, 0.29) is 0 Å². The van der Waals surface area contributed by atoms with Crippen molar-refractivity contribution in [2.75, 3.05) is 6.61 Å². The van der Waals surface area contributed by atoms with E-state index >= 15 is 0 Å². The van der Waals surface area contributed by atoms with Gasteiger partial charge in [-0.25, -0.2) is 0 Å². The zero-order chi connectivity index (χ0) is 15.8. The molecule has 122 valence electrons. The fourth-order valence-corrected chi connectivity index (χ4v) is 2.23. The summed E-state index contributed by atoms with van der Waals surface area (Å²) in [7, 11) is 0. The number of hydrogen-bond donors (Lipinski definition) is 6. The summed E-state index contributed by atoms with van der Waals surface area (Å²) in [5.74, 6) is 0. The van der Waals surface area contributed by atoms with Crippen LogP contribution < -0.4 is 0 Å². The summed E-state index contributed by atoms with van der Waals surface area (Å²) in [6.45, 7) is 3.17. The summed E-state index contributed by atoms with van der Waals surface area (Å²) in [6, 6.07) is 0. The van der Waals surface area contributed by atoms with Gasteiger partial charge < -0.3 is 30.6 Å². The van der Waals surface area contributed by atoms with Crippen molar-refractivity contribution in [3.8, 4) is 0 Å². The normalized spacial score (nSPS) is 18.6. The van der Waals surface area contributed by atoms with Crippen molar-refractivity contribution in [2.24, 2.45) is 0 Å². The van der Waals surface area contributed by atoms with Crippen molar-refractivity contribution in [2.45, 2.75) is 82.4 Å². The van der Waals surface area contributed by atoms with Gasteiger partial charge in [-0.3, -0.25) is 0 Å². The highest BCUT2D eigenvalue weighted by Gasteiger charge is 2.42. The maximum Gasteiger partial charge on any atom is 0.111 e. The van der Waals surface area contributed by atoms with E-state index in [1.54, 1.807) is 0 Å². The first-order valence-corrected chi connectivity index (χ1v) is 7.39. The molecule has 0 radical (unpaired) electrons. The molecule has 20 heavy (non-hydrogen) atoms. The molecule has 0 aromatic rings. The Balaban J connectivity index is 4.86. The molecule has 6 N–H and O–H groups in total. The molecular weight excluding hydrogens is 264 g/mol. The standard InChI is InChI=1S/C14H30O6/c1-3-5-7-14(20,8-6-4-2)13(19)12(18)11(17)10(16)9-15/h10-13,15-20H,3-9H2,1-2H3/t10-,11+,12+,13+/m0/s1. The third-order valence-electron chi connectivity index (χ3n) is 3.73. The second-order valence-electron chi connectivity index (χ2n) is 5.49. The Labute approximate surface area is 120 Å². The molecular formula is C14H30O6. The van der Waals surface area contributed by atoms with Crippen LogP contribution in [0.25, 0.3) is 0 Å². The molecule has 0 rings (SSSR count). The van der Waals surface area contributed by atoms with Crippen LogP contribution in [0.1, 0.15) is 52.4 Å². The summed E-state index contributed by atoms with van der Waals surface area (Å²) >= 11 is 0. The Morgan fingerprint density at radius 2 is 1.30 bits per heavy atom. The quantitative estimate of drug-likeness (QED) is 0.306. The van der Waals surface area contributed by atoms with Crippen LogP contribution in [0, 0.1) is 0 Å². The van der Waals surface area contributed by atoms with E-state index in [2.05, 4.69) is 0 Å². The van der Waals surface area contributed by atoms with Gasteiger partial charge in [-0.2, -0.15) is 0 Å². The van der Waals surface area contributed by atoms with Crippen LogP contribution in [-0.2, 0) is 0 Å². The van der Waals surface area contributed by atoms with Crippen molar-refractivity contribution in [3.63, 3.8) is 0 Å². The summed E-state index contributed by atoms with van der Waals surface area (Å²) in [4.78, 5) is 0. The van der Waals surface area contributed by atoms with Crippen molar-refractivity contribution in [3.05, 3.63) is 0 Å². The highest BCUT2D eigenvalue weighted by Crippen LogP contribution is 2.28. The second-order valence-corrected chi connectivity index (χ2v) is 5.49. The van der Waals surface area contributed by atoms with E-state index in [1.807, 2.05) is 13.8 Å². The number of rotatable bonds is 11. The second kappa shape index (κ2) is 9.65. The van der Waals surface area contributed by atoms with Gasteiger partial charge in [0, 0.05) is 0 Å². The van der Waals surface area contributed by atoms with Crippen LogP contribution in [0.5, 0.6) is 0 Å². The van der Waals surface area contributed by atoms with Gasteiger partial charge in [0.05, 0.1) is 12.2 Å². The molecule has 0 aromatic heterocycles. The van der Waals surface area contributed by atoms with E-state index in [4.69, 9.17) is 5.11 Å². The van der Waals surface area contributed by atoms with E-state index in [0.717, 1.165) is 12.8 Å². The first kappa shape index (κ1) is 19.8. The van der Waals surface area contributed by atoms with Gasteiger partial charge in [-0.1, -0.05) is 39.5 Å². The maximum absolute atomic E-state index is 10.6. The summed E-state index contributed by atoms with van der Waals surface area (Å²) < 4.78 is 0. The molecule has 0 saturated heterocycles. The van der Waals surface area contributed by atoms with Gasteiger partial charge in [-0.05, 0) is 12.8 Å². The molecule has 0 heterocycles. The predicted octanol–water partition coefficient (Wildman–Crippen LogP) is -0.466. The summed E-state index contributed by atoms with van der Waals surface area (Å²) in [5.41, 5.74) is -1.50. The number of aliphatic hydroxyl groups is 6. The Morgan fingerprint density at radius 1 is 0.850 bits per heavy atom. The zero-order valence-corrected chi connectivity index (χ0v) is 12.4. The van der Waals surface area contributed by atoms with Crippen LogP contribution >= 0.6 is 0 Å². The Kier molecular flexibility index (Phi) is 9.54. The van der Waals surface area contributed by atoms with Crippen molar-refractivity contribution in [1.82, 2.24) is 0 Å². The molecule has 0 fully saturated rings. The average molecular weight is 294 g/mol. The maximum atomic E-state index is 10.6. The molecule has 0 unspecified atom stereocenters. The molecule has 0 aliphatic heterocycles. The first-order chi connectivity index (χ1) is 9.33. The third kappa shape index (κ3) is 5.63. The lowest BCUT2D eigenvalue weighted by Gasteiger charge is -2.38. The smallest absolute Gasteiger partial charge is 0.111 e. The number of aliphatic hydroxyl groups excluding tert-OH is 5. The van der Waals surface area contributed by atoms with Crippen molar-refractivity contribution >= 4 is 0 Å². The van der Waals surface area contributed by atoms with Gasteiger partial charge >= 0.3 is 0 Å². The molecule has 0 bridgehead atoms. The van der Waals surface area contributed by atoms with Gasteiger partial charge in [0.1, 0.15) is 24.4 Å². The molecule has 0 spiro atoms. The van der Waals surface area contributed by atoms with Crippen molar-refractivity contribution in [1.29, 1.82) is 0 Å². The Bertz CT molecular complexity index is 240. The molecule has 0 aliphatic rings. The van der Waals surface area contributed by atoms with Crippen LogP contribution in [0.15, 0.2) is 0 Å². The van der Waals surface area contributed by atoms with E-state index in [9.17, 15) is 25.5 Å². The largest absolute Gasteiger partial charge is 0.394 e. The zero-order valence-electron chi connectivity index (χ0n) is 12.4. The van der Waals surface area contributed by atoms with E-state index < -0.39 is 36.6 Å². The fourth-order valence-electron chi connectivity index (χ4n) is 2.23. The summed E-state index contributed by atoms with van der Waals surface area (Å²) in [6.07, 6.45) is -2.89. The minimum atomic E-state index is -1.71. The van der Waals surface area contributed by atoms with Crippen molar-refractivity contribution < 1.29 is 30.6 Å². The van der Waals surface area contributed by atoms with E-state index in [1.165, 1.54) is 0 Å². The molecule has 0 aromatic carbocycles. The minimum Gasteiger partial charge on any atom is -0.394 e. The SMILES string of the molecule is CCCCC(O)(CCCC)[C@H](O)[C@H](O)[C@H](O)[C@@H](O)CO. The van der Waals surface area contributed by atoms with Gasteiger partial charge in [0.2, 0.25) is 0 Å². The number of hydrogen-bond acceptors (Lipinski definition) is 6. The van der Waals surface area contributed by atoms with Gasteiger partial charge in [0.15, 0.2) is 0 Å². The van der Waals surface area contributed by atoms with Crippen LogP contribution in [0.3, 0.4) is 0 Å². The molecule has 0 amide bonds. The lowest BCUT2D eigenvalue weighted by molar-refractivity contribution is -0.178. The molecule has 6 nitrogen and oxygen atoms in total. The topological polar surface area (TPSA) is 121 Å². The lowest BCUT2D eigenvalue weighted by Crippen LogP contribution is -2.56. The first-order valence-electron chi connectivity index (χ1n) is 7.39. The molecule has 6 heteroatoms. The van der Waals surface area contributed by atoms with E-state index in [0.29, 0.717) is 25.7 Å². The number of unbranched alkanes of at least 4 members (excludes halogenated alkanes) is 2. The molecule has 0 aliphatic carbocycles. The monoisotopic (exact) mass is 294 g/mol. The molecule has 4 atom stereocenters. The fraction of sp³-hybridized carbons (Fsp3) is 1.00. The van der Waals surface area contributed by atoms with Crippen LogP contribution in [0.4, 0.5) is 0 Å². The average Bonchev–Trinajstić information content (AvgIpc) is 2.47. The van der Waals surface area contributed by atoms with Gasteiger partial charge in [-0.15, -0.1) is 0 Å². The van der Waals surface area contributed by atoms with Crippen LogP contribution in [-0.4, -0.2) is 67.3 Å². The molecule has 0 saturated carbocycles. The highest BCUT2D eigenvalue weighted by molar-refractivity contribution is 4.94. The lowest BCUT2D eigenvalue weighted by atomic mass is 9.81. The Hall–Kier alpha value is -0.240. The van der Waals surface area contributed by atoms with Crippen LogP contribution in [0.2, 0.25) is 0 Å². The van der Waals surface area contributed by atoms with Gasteiger partial charge in [0.25, 0.3) is 0 Å². The third-order valence-corrected chi connectivity index (χ3v) is 3.73. The summed E-state index contributed by atoms with van der Waals surface area (Å²) in [5, 5.41) is 58.3. The minimum absolute atomic E-state index is 0.309.